The van der Waals surface area contributed by atoms with E-state index in [0.717, 1.165) is 0 Å². The smallest absolute Gasteiger partial charge is 0.142 e. The summed E-state index contributed by atoms with van der Waals surface area (Å²) in [5, 5.41) is 7.56. The Morgan fingerprint density at radius 1 is 1.13 bits per heavy atom. The van der Waals surface area contributed by atoms with Crippen LogP contribution in [0.1, 0.15) is 5.56 Å². The number of hydrogen-bond acceptors (Lipinski definition) is 3. The molecule has 0 saturated carbocycles. The summed E-state index contributed by atoms with van der Waals surface area (Å²) in [5.74, 6) is 0.587. The van der Waals surface area contributed by atoms with Crippen molar-refractivity contribution >= 4 is 30.6 Å². The van der Waals surface area contributed by atoms with Crippen LogP contribution in [0.2, 0.25) is 0 Å². The standard InChI is InChI=1S/C9H10N4.2ClH/c10-9-6-11-12-13(9)7-8-4-2-1-3-5-8;;/h1-6H,7,10H2;2*1H. The van der Waals surface area contributed by atoms with Gasteiger partial charge < -0.3 is 5.73 Å². The number of hydrogen-bond donors (Lipinski definition) is 1. The molecule has 1 aromatic heterocycles. The van der Waals surface area contributed by atoms with Gasteiger partial charge in [-0.25, -0.2) is 4.68 Å². The van der Waals surface area contributed by atoms with Crippen molar-refractivity contribution in [2.75, 3.05) is 5.73 Å². The molecule has 2 N–H and O–H groups in total. The van der Waals surface area contributed by atoms with Gasteiger partial charge in [0, 0.05) is 0 Å². The second-order valence-corrected chi connectivity index (χ2v) is 2.80. The minimum absolute atomic E-state index is 0. The number of nitrogens with zero attached hydrogens (tertiary/aromatic N) is 3. The average Bonchev–Trinajstić information content (AvgIpc) is 2.54. The first-order valence-corrected chi connectivity index (χ1v) is 4.04. The van der Waals surface area contributed by atoms with Crippen molar-refractivity contribution < 1.29 is 0 Å². The highest BCUT2D eigenvalue weighted by Crippen LogP contribution is 2.04. The summed E-state index contributed by atoms with van der Waals surface area (Å²) < 4.78 is 1.66. The summed E-state index contributed by atoms with van der Waals surface area (Å²) in [5.41, 5.74) is 6.79. The van der Waals surface area contributed by atoms with E-state index in [9.17, 15) is 0 Å². The van der Waals surface area contributed by atoms with Crippen molar-refractivity contribution in [2.24, 2.45) is 0 Å². The molecule has 82 valence electrons. The number of anilines is 1. The molecule has 0 spiro atoms. The highest BCUT2D eigenvalue weighted by molar-refractivity contribution is 5.85. The Morgan fingerprint density at radius 2 is 1.80 bits per heavy atom. The van der Waals surface area contributed by atoms with Crippen LogP contribution in [0.3, 0.4) is 0 Å². The minimum atomic E-state index is 0. The highest BCUT2D eigenvalue weighted by Gasteiger charge is 1.98. The van der Waals surface area contributed by atoms with Crippen LogP contribution in [0, 0.1) is 0 Å². The Balaban J connectivity index is 0.000000980. The van der Waals surface area contributed by atoms with Crippen LogP contribution in [0.4, 0.5) is 5.82 Å². The number of benzene rings is 1. The number of nitrogens with two attached hydrogens (primary N) is 1. The number of nitrogen functional groups attached to an aromatic ring is 1. The Hall–Kier alpha value is -1.26. The van der Waals surface area contributed by atoms with Crippen LogP contribution in [0.5, 0.6) is 0 Å². The normalized spacial score (nSPS) is 8.80. The summed E-state index contributed by atoms with van der Waals surface area (Å²) in [6, 6.07) is 10.0. The summed E-state index contributed by atoms with van der Waals surface area (Å²) in [7, 11) is 0. The van der Waals surface area contributed by atoms with Crippen LogP contribution >= 0.6 is 24.8 Å². The third-order valence-corrected chi connectivity index (χ3v) is 1.82. The molecule has 2 rings (SSSR count). The third-order valence-electron chi connectivity index (χ3n) is 1.82. The SMILES string of the molecule is Cl.Cl.Nc1cnnn1Cc1ccccc1. The van der Waals surface area contributed by atoms with Gasteiger partial charge >= 0.3 is 0 Å². The zero-order valence-corrected chi connectivity index (χ0v) is 9.54. The molecule has 0 saturated heterocycles. The minimum Gasteiger partial charge on any atom is -0.383 e. The van der Waals surface area contributed by atoms with E-state index in [2.05, 4.69) is 10.3 Å². The molecule has 0 unspecified atom stereocenters. The molecule has 0 aliphatic heterocycles. The molecule has 1 heterocycles. The van der Waals surface area contributed by atoms with Crippen molar-refractivity contribution in [3.8, 4) is 0 Å². The molecule has 6 heteroatoms. The Bertz CT molecular complexity index is 388. The van der Waals surface area contributed by atoms with E-state index in [0.29, 0.717) is 12.4 Å². The van der Waals surface area contributed by atoms with Gasteiger partial charge in [0.1, 0.15) is 5.82 Å². The van der Waals surface area contributed by atoms with Gasteiger partial charge in [-0.15, -0.1) is 29.9 Å². The lowest BCUT2D eigenvalue weighted by atomic mass is 10.2. The first-order valence-electron chi connectivity index (χ1n) is 4.04. The van der Waals surface area contributed by atoms with Gasteiger partial charge in [-0.05, 0) is 5.56 Å². The fourth-order valence-electron chi connectivity index (χ4n) is 1.14. The maximum absolute atomic E-state index is 5.63. The first kappa shape index (κ1) is 13.7. The van der Waals surface area contributed by atoms with E-state index < -0.39 is 0 Å². The summed E-state index contributed by atoms with van der Waals surface area (Å²) >= 11 is 0. The molecule has 4 nitrogen and oxygen atoms in total. The lowest BCUT2D eigenvalue weighted by molar-refractivity contribution is 0.658. The summed E-state index contributed by atoms with van der Waals surface area (Å²) in [6.07, 6.45) is 1.54. The predicted octanol–water partition coefficient (Wildman–Crippen LogP) is 1.75. The van der Waals surface area contributed by atoms with E-state index in [1.54, 1.807) is 10.9 Å². The zero-order chi connectivity index (χ0) is 9.10. The van der Waals surface area contributed by atoms with Gasteiger partial charge in [0.05, 0.1) is 12.7 Å². The molecule has 2 aromatic rings. The van der Waals surface area contributed by atoms with Gasteiger partial charge in [0.25, 0.3) is 0 Å². The topological polar surface area (TPSA) is 56.7 Å². The third kappa shape index (κ3) is 3.42. The monoisotopic (exact) mass is 246 g/mol. The van der Waals surface area contributed by atoms with Gasteiger partial charge in [0.2, 0.25) is 0 Å². The molecular weight excluding hydrogens is 235 g/mol. The summed E-state index contributed by atoms with van der Waals surface area (Å²) in [4.78, 5) is 0. The average molecular weight is 247 g/mol. The maximum Gasteiger partial charge on any atom is 0.142 e. The Labute approximate surface area is 100 Å². The van der Waals surface area contributed by atoms with Crippen LogP contribution in [-0.2, 0) is 6.54 Å². The Kier molecular flexibility index (Phi) is 5.74. The Morgan fingerprint density at radius 3 is 2.33 bits per heavy atom. The molecule has 0 amide bonds. The van der Waals surface area contributed by atoms with Crippen LogP contribution < -0.4 is 5.73 Å². The molecule has 0 fully saturated rings. The number of rotatable bonds is 2. The van der Waals surface area contributed by atoms with Crippen LogP contribution in [-0.4, -0.2) is 15.0 Å². The van der Waals surface area contributed by atoms with Crippen LogP contribution in [0.15, 0.2) is 36.5 Å². The fraction of sp³-hybridized carbons (Fsp3) is 0.111. The molecule has 0 radical (unpaired) electrons. The fourth-order valence-corrected chi connectivity index (χ4v) is 1.14. The lowest BCUT2D eigenvalue weighted by Crippen LogP contribution is -2.05. The predicted molar refractivity (Wildman–Crippen MR) is 64.5 cm³/mol. The van der Waals surface area contributed by atoms with E-state index in [4.69, 9.17) is 5.73 Å². The van der Waals surface area contributed by atoms with E-state index in [1.807, 2.05) is 30.3 Å². The van der Waals surface area contributed by atoms with Crippen molar-refractivity contribution in [3.05, 3.63) is 42.1 Å². The maximum atomic E-state index is 5.63. The van der Waals surface area contributed by atoms with Gasteiger partial charge in [-0.3, -0.25) is 0 Å². The molecular formula is C9H12Cl2N4. The largest absolute Gasteiger partial charge is 0.383 e. The molecule has 1 aromatic carbocycles. The molecule has 0 atom stereocenters. The number of halogens is 2. The van der Waals surface area contributed by atoms with E-state index >= 15 is 0 Å². The van der Waals surface area contributed by atoms with E-state index in [1.165, 1.54) is 5.56 Å². The first-order chi connectivity index (χ1) is 6.36. The van der Waals surface area contributed by atoms with Crippen molar-refractivity contribution in [1.82, 2.24) is 15.0 Å². The lowest BCUT2D eigenvalue weighted by Gasteiger charge is -2.01. The van der Waals surface area contributed by atoms with Crippen molar-refractivity contribution in [2.45, 2.75) is 6.54 Å². The molecule has 0 aliphatic carbocycles. The second kappa shape index (κ2) is 6.27. The van der Waals surface area contributed by atoms with Crippen LogP contribution in [0.25, 0.3) is 0 Å². The zero-order valence-electron chi connectivity index (χ0n) is 7.91. The quantitative estimate of drug-likeness (QED) is 0.879. The molecule has 0 bridgehead atoms. The van der Waals surface area contributed by atoms with E-state index in [-0.39, 0.29) is 24.8 Å². The number of aromatic nitrogens is 3. The van der Waals surface area contributed by atoms with Crippen molar-refractivity contribution in [3.63, 3.8) is 0 Å². The molecule has 0 aliphatic rings. The van der Waals surface area contributed by atoms with Gasteiger partial charge in [-0.2, -0.15) is 0 Å². The highest BCUT2D eigenvalue weighted by atomic mass is 35.5. The van der Waals surface area contributed by atoms with Crippen molar-refractivity contribution in [1.29, 1.82) is 0 Å². The van der Waals surface area contributed by atoms with Gasteiger partial charge in [-0.1, -0.05) is 35.5 Å². The second-order valence-electron chi connectivity index (χ2n) is 2.80. The molecule has 15 heavy (non-hydrogen) atoms. The summed E-state index contributed by atoms with van der Waals surface area (Å²) in [6.45, 7) is 0.673. The van der Waals surface area contributed by atoms with Gasteiger partial charge in [0.15, 0.2) is 0 Å².